The summed E-state index contributed by atoms with van der Waals surface area (Å²) in [5, 5.41) is 6.44. The fraction of sp³-hybridized carbons (Fsp3) is 0.381. The minimum atomic E-state index is -0.0191. The first-order valence-electron chi connectivity index (χ1n) is 8.90. The van der Waals surface area contributed by atoms with Crippen molar-refractivity contribution in [2.24, 2.45) is 5.41 Å². The van der Waals surface area contributed by atoms with Gasteiger partial charge in [-0.1, -0.05) is 37.3 Å². The van der Waals surface area contributed by atoms with E-state index in [1.54, 1.807) is 0 Å². The molecule has 3 rings (SSSR count). The van der Waals surface area contributed by atoms with E-state index < -0.39 is 0 Å². The second-order valence-corrected chi connectivity index (χ2v) is 7.04. The molecule has 1 amide bonds. The number of benzene rings is 2. The Kier molecular flexibility index (Phi) is 5.71. The third-order valence-corrected chi connectivity index (χ3v) is 4.85. The van der Waals surface area contributed by atoms with Crippen LogP contribution < -0.4 is 15.4 Å². The van der Waals surface area contributed by atoms with Gasteiger partial charge in [-0.3, -0.25) is 4.79 Å². The van der Waals surface area contributed by atoms with Crippen LogP contribution in [0.3, 0.4) is 0 Å². The molecule has 1 fully saturated rings. The zero-order valence-corrected chi connectivity index (χ0v) is 14.8. The van der Waals surface area contributed by atoms with Crippen LogP contribution in [0.15, 0.2) is 54.6 Å². The average Bonchev–Trinajstić information content (AvgIpc) is 2.66. The van der Waals surface area contributed by atoms with Gasteiger partial charge in [-0.05, 0) is 61.2 Å². The fourth-order valence-electron chi connectivity index (χ4n) is 3.05. The van der Waals surface area contributed by atoms with Crippen molar-refractivity contribution < 1.29 is 9.53 Å². The first kappa shape index (κ1) is 17.5. The topological polar surface area (TPSA) is 50.4 Å². The molecule has 0 spiro atoms. The zero-order valence-electron chi connectivity index (χ0n) is 14.8. The molecule has 1 aliphatic rings. The number of nitrogens with one attached hydrogen (secondary N) is 2. The lowest BCUT2D eigenvalue weighted by atomic mass is 9.81. The van der Waals surface area contributed by atoms with Crippen LogP contribution in [0.4, 0.5) is 0 Å². The van der Waals surface area contributed by atoms with E-state index in [4.69, 9.17) is 4.74 Å². The van der Waals surface area contributed by atoms with Crippen molar-refractivity contribution in [3.63, 3.8) is 0 Å². The Balaban J connectivity index is 1.50. The van der Waals surface area contributed by atoms with Gasteiger partial charge in [0.1, 0.15) is 12.4 Å². The maximum Gasteiger partial charge on any atom is 0.251 e. The Morgan fingerprint density at radius 3 is 2.44 bits per heavy atom. The second kappa shape index (κ2) is 8.17. The SMILES string of the molecule is CC1(CNC(=O)c2ccc(OCc3ccccc3)cc2)CCNCC1. The Morgan fingerprint density at radius 2 is 1.76 bits per heavy atom. The third kappa shape index (κ3) is 5.07. The fourth-order valence-corrected chi connectivity index (χ4v) is 3.05. The zero-order chi connectivity index (χ0) is 17.5. The lowest BCUT2D eigenvalue weighted by molar-refractivity contribution is 0.0922. The van der Waals surface area contributed by atoms with Crippen molar-refractivity contribution in [2.45, 2.75) is 26.4 Å². The van der Waals surface area contributed by atoms with Gasteiger partial charge >= 0.3 is 0 Å². The highest BCUT2D eigenvalue weighted by Gasteiger charge is 2.27. The van der Waals surface area contributed by atoms with E-state index in [1.807, 2.05) is 54.6 Å². The molecule has 2 aromatic rings. The van der Waals surface area contributed by atoms with Crippen molar-refractivity contribution in [3.8, 4) is 5.75 Å². The Labute approximate surface area is 149 Å². The van der Waals surface area contributed by atoms with Gasteiger partial charge in [0.2, 0.25) is 0 Å². The highest BCUT2D eigenvalue weighted by Crippen LogP contribution is 2.26. The lowest BCUT2D eigenvalue weighted by Gasteiger charge is -2.34. The summed E-state index contributed by atoms with van der Waals surface area (Å²) in [7, 11) is 0. The van der Waals surface area contributed by atoms with Crippen molar-refractivity contribution in [1.82, 2.24) is 10.6 Å². The maximum atomic E-state index is 12.4. The van der Waals surface area contributed by atoms with Crippen LogP contribution in [0, 0.1) is 5.41 Å². The number of rotatable bonds is 6. The predicted octanol–water partition coefficient (Wildman–Crippen LogP) is 3.39. The number of piperidine rings is 1. The minimum absolute atomic E-state index is 0.0191. The molecule has 0 radical (unpaired) electrons. The molecule has 0 unspecified atom stereocenters. The number of hydrogen-bond donors (Lipinski definition) is 2. The highest BCUT2D eigenvalue weighted by molar-refractivity contribution is 5.94. The number of amides is 1. The molecule has 0 atom stereocenters. The maximum absolute atomic E-state index is 12.4. The highest BCUT2D eigenvalue weighted by atomic mass is 16.5. The van der Waals surface area contributed by atoms with E-state index in [0.717, 1.165) is 43.8 Å². The van der Waals surface area contributed by atoms with E-state index in [-0.39, 0.29) is 11.3 Å². The lowest BCUT2D eigenvalue weighted by Crippen LogP contribution is -2.42. The van der Waals surface area contributed by atoms with Gasteiger partial charge in [-0.25, -0.2) is 0 Å². The number of hydrogen-bond acceptors (Lipinski definition) is 3. The molecule has 0 bridgehead atoms. The van der Waals surface area contributed by atoms with Crippen LogP contribution in [0.5, 0.6) is 5.75 Å². The van der Waals surface area contributed by atoms with Crippen LogP contribution in [0.1, 0.15) is 35.7 Å². The van der Waals surface area contributed by atoms with Crippen molar-refractivity contribution in [2.75, 3.05) is 19.6 Å². The van der Waals surface area contributed by atoms with Gasteiger partial charge < -0.3 is 15.4 Å². The first-order chi connectivity index (χ1) is 12.1. The molecule has 2 N–H and O–H groups in total. The predicted molar refractivity (Wildman–Crippen MR) is 99.8 cm³/mol. The van der Waals surface area contributed by atoms with Gasteiger partial charge in [0.25, 0.3) is 5.91 Å². The summed E-state index contributed by atoms with van der Waals surface area (Å²) in [6.07, 6.45) is 2.19. The number of carbonyl (C=O) groups is 1. The molecular formula is C21H26N2O2. The van der Waals surface area contributed by atoms with Crippen molar-refractivity contribution in [3.05, 3.63) is 65.7 Å². The minimum Gasteiger partial charge on any atom is -0.489 e. The molecule has 4 heteroatoms. The first-order valence-corrected chi connectivity index (χ1v) is 8.90. The third-order valence-electron chi connectivity index (χ3n) is 4.85. The van der Waals surface area contributed by atoms with Gasteiger partial charge in [0, 0.05) is 12.1 Å². The van der Waals surface area contributed by atoms with Gasteiger partial charge in [-0.15, -0.1) is 0 Å². The molecule has 0 saturated carbocycles. The molecule has 25 heavy (non-hydrogen) atoms. The summed E-state index contributed by atoms with van der Waals surface area (Å²) in [5.74, 6) is 0.750. The Morgan fingerprint density at radius 1 is 1.08 bits per heavy atom. The molecule has 0 aliphatic carbocycles. The van der Waals surface area contributed by atoms with E-state index in [0.29, 0.717) is 12.2 Å². The van der Waals surface area contributed by atoms with Crippen molar-refractivity contribution in [1.29, 1.82) is 0 Å². The monoisotopic (exact) mass is 338 g/mol. The number of carbonyl (C=O) groups excluding carboxylic acids is 1. The Hall–Kier alpha value is -2.33. The average molecular weight is 338 g/mol. The molecule has 132 valence electrons. The smallest absolute Gasteiger partial charge is 0.251 e. The molecule has 1 heterocycles. The van der Waals surface area contributed by atoms with E-state index in [2.05, 4.69) is 17.6 Å². The van der Waals surface area contributed by atoms with Gasteiger partial charge in [0.15, 0.2) is 0 Å². The molecule has 1 aliphatic heterocycles. The molecular weight excluding hydrogens is 312 g/mol. The molecule has 1 saturated heterocycles. The van der Waals surface area contributed by atoms with E-state index >= 15 is 0 Å². The van der Waals surface area contributed by atoms with Crippen LogP contribution in [-0.4, -0.2) is 25.5 Å². The van der Waals surface area contributed by atoms with Crippen LogP contribution in [0.2, 0.25) is 0 Å². The summed E-state index contributed by atoms with van der Waals surface area (Å²) in [6, 6.07) is 17.4. The summed E-state index contributed by atoms with van der Waals surface area (Å²) in [6.45, 7) is 5.55. The normalized spacial score (nSPS) is 16.2. The van der Waals surface area contributed by atoms with Gasteiger partial charge in [-0.2, -0.15) is 0 Å². The van der Waals surface area contributed by atoms with Gasteiger partial charge in [0.05, 0.1) is 0 Å². The summed E-state index contributed by atoms with van der Waals surface area (Å²) in [4.78, 5) is 12.4. The van der Waals surface area contributed by atoms with Crippen LogP contribution in [-0.2, 0) is 6.61 Å². The number of ether oxygens (including phenoxy) is 1. The second-order valence-electron chi connectivity index (χ2n) is 7.04. The molecule has 0 aromatic heterocycles. The van der Waals surface area contributed by atoms with Crippen LogP contribution >= 0.6 is 0 Å². The molecule has 2 aromatic carbocycles. The summed E-state index contributed by atoms with van der Waals surface area (Å²) < 4.78 is 5.76. The van der Waals surface area contributed by atoms with E-state index in [9.17, 15) is 4.79 Å². The summed E-state index contributed by atoms with van der Waals surface area (Å²) in [5.41, 5.74) is 1.99. The standard InChI is InChI=1S/C21H26N2O2/c1-21(11-13-22-14-12-21)16-23-20(24)18-7-9-19(10-8-18)25-15-17-5-3-2-4-6-17/h2-10,22H,11-16H2,1H3,(H,23,24). The molecule has 4 nitrogen and oxygen atoms in total. The Bertz CT molecular complexity index is 677. The summed E-state index contributed by atoms with van der Waals surface area (Å²) >= 11 is 0. The van der Waals surface area contributed by atoms with Crippen LogP contribution in [0.25, 0.3) is 0 Å². The van der Waals surface area contributed by atoms with E-state index in [1.165, 1.54) is 0 Å². The quantitative estimate of drug-likeness (QED) is 0.849. The largest absolute Gasteiger partial charge is 0.489 e. The van der Waals surface area contributed by atoms with Crippen molar-refractivity contribution >= 4 is 5.91 Å².